The third-order valence-electron chi connectivity index (χ3n) is 11.2. The van der Waals surface area contributed by atoms with Gasteiger partial charge in [-0.3, -0.25) is 0 Å². The molecule has 4 rings (SSSR count). The highest BCUT2D eigenvalue weighted by molar-refractivity contribution is 6.74. The predicted octanol–water partition coefficient (Wildman–Crippen LogP) is 7.09. The van der Waals surface area contributed by atoms with E-state index in [1.807, 2.05) is 6.92 Å². The molecule has 0 aliphatic heterocycles. The summed E-state index contributed by atoms with van der Waals surface area (Å²) in [7, 11) is -1.75. The van der Waals surface area contributed by atoms with E-state index in [-0.39, 0.29) is 28.4 Å². The van der Waals surface area contributed by atoms with Crippen LogP contribution in [0.3, 0.4) is 0 Å². The molecule has 4 heteroatoms. The molecule has 3 saturated carbocycles. The second-order valence-corrected chi connectivity index (χ2v) is 18.5. The van der Waals surface area contributed by atoms with Gasteiger partial charge in [-0.25, -0.2) is 0 Å². The zero-order chi connectivity index (χ0) is 23.7. The van der Waals surface area contributed by atoms with E-state index >= 15 is 0 Å². The molecule has 3 nitrogen and oxygen atoms in total. The lowest BCUT2D eigenvalue weighted by molar-refractivity contribution is -0.0562. The molecule has 180 valence electrons. The number of hydrogen-bond acceptors (Lipinski definition) is 3. The summed E-state index contributed by atoms with van der Waals surface area (Å²) in [5, 5.41) is 20.9. The van der Waals surface area contributed by atoms with Gasteiger partial charge in [0.2, 0.25) is 0 Å². The Labute approximate surface area is 198 Å². The molecule has 0 amide bonds. The molecule has 9 atom stereocenters. The lowest BCUT2D eigenvalue weighted by Crippen LogP contribution is -2.52. The Hall–Kier alpha value is -0.633. The fourth-order valence-corrected chi connectivity index (χ4v) is 9.75. The lowest BCUT2D eigenvalue weighted by Gasteiger charge is -2.58. The van der Waals surface area contributed by atoms with E-state index < -0.39 is 8.32 Å². The number of fused-ring (bicyclic) bond motifs is 5. The van der Waals surface area contributed by atoms with Crippen molar-refractivity contribution in [2.45, 2.75) is 117 Å². The first-order valence-corrected chi connectivity index (χ1v) is 16.1. The zero-order valence-corrected chi connectivity index (χ0v) is 22.9. The monoisotopic (exact) mass is 457 g/mol. The van der Waals surface area contributed by atoms with Crippen molar-refractivity contribution in [3.63, 3.8) is 0 Å². The van der Waals surface area contributed by atoms with Crippen molar-refractivity contribution in [2.24, 2.45) is 40.4 Å². The Balaban J connectivity index is 1.55. The van der Waals surface area contributed by atoms with Gasteiger partial charge in [0.1, 0.15) is 0 Å². The fourth-order valence-electron chi connectivity index (χ4n) is 8.36. The summed E-state index contributed by atoms with van der Waals surface area (Å²) in [5.74, 6) is 1.99. The van der Waals surface area contributed by atoms with Crippen LogP contribution in [0.2, 0.25) is 18.1 Å². The van der Waals surface area contributed by atoms with Gasteiger partial charge < -0.3 is 9.53 Å². The van der Waals surface area contributed by atoms with E-state index in [1.165, 1.54) is 25.7 Å². The molecule has 1 N–H and O–H groups in total. The van der Waals surface area contributed by atoms with E-state index in [2.05, 4.69) is 59.9 Å². The molecule has 4 aliphatic rings. The van der Waals surface area contributed by atoms with Gasteiger partial charge in [-0.15, -0.1) is 0 Å². The van der Waals surface area contributed by atoms with Crippen molar-refractivity contribution < 1.29 is 9.53 Å². The van der Waals surface area contributed by atoms with Crippen LogP contribution in [-0.4, -0.2) is 25.6 Å². The zero-order valence-electron chi connectivity index (χ0n) is 21.9. The van der Waals surface area contributed by atoms with Crippen LogP contribution in [0.25, 0.3) is 0 Å². The van der Waals surface area contributed by atoms with Crippen LogP contribution in [-0.2, 0) is 4.43 Å². The highest BCUT2D eigenvalue weighted by Crippen LogP contribution is 2.67. The van der Waals surface area contributed by atoms with Crippen molar-refractivity contribution in [3.05, 3.63) is 11.6 Å². The van der Waals surface area contributed by atoms with Gasteiger partial charge in [-0.05, 0) is 98.6 Å². The molecular formula is C28H47NO2Si. The Morgan fingerprint density at radius 2 is 1.88 bits per heavy atom. The smallest absolute Gasteiger partial charge is 0.192 e. The van der Waals surface area contributed by atoms with Crippen molar-refractivity contribution in [1.29, 1.82) is 5.26 Å². The summed E-state index contributed by atoms with van der Waals surface area (Å²) in [6.45, 7) is 18.8. The van der Waals surface area contributed by atoms with E-state index in [0.29, 0.717) is 23.4 Å². The van der Waals surface area contributed by atoms with Gasteiger partial charge in [0.05, 0.1) is 12.2 Å². The number of hydrogen-bond donors (Lipinski definition) is 1. The molecular weight excluding hydrogens is 410 g/mol. The van der Waals surface area contributed by atoms with Gasteiger partial charge in [-0.2, -0.15) is 5.26 Å². The van der Waals surface area contributed by atoms with Crippen LogP contribution in [0.1, 0.15) is 86.5 Å². The Morgan fingerprint density at radius 1 is 1.19 bits per heavy atom. The van der Waals surface area contributed by atoms with Crippen LogP contribution >= 0.6 is 0 Å². The average Bonchev–Trinajstić information content (AvgIpc) is 2.96. The minimum absolute atomic E-state index is 0.0650. The quantitative estimate of drug-likeness (QED) is 0.364. The molecule has 4 unspecified atom stereocenters. The van der Waals surface area contributed by atoms with E-state index in [0.717, 1.165) is 25.2 Å². The second-order valence-electron chi connectivity index (χ2n) is 13.8. The van der Waals surface area contributed by atoms with Gasteiger partial charge in [0, 0.05) is 17.9 Å². The van der Waals surface area contributed by atoms with Crippen LogP contribution in [0, 0.1) is 51.8 Å². The molecule has 32 heavy (non-hydrogen) atoms. The van der Waals surface area contributed by atoms with Crippen molar-refractivity contribution in [1.82, 2.24) is 0 Å². The maximum Gasteiger partial charge on any atom is 0.192 e. The van der Waals surface area contributed by atoms with Crippen LogP contribution in [0.5, 0.6) is 0 Å². The Kier molecular flexibility index (Phi) is 6.09. The summed E-state index contributed by atoms with van der Waals surface area (Å²) >= 11 is 0. The normalized spacial score (nSPS) is 45.2. The SMILES string of the molecule is CC(C#N)[C@H]1[C@H](O)CC2C3CC=C4C[C@@H](O[Si](C)(C)C(C)(C)C)CC[C@]4(C)C3CC[C@@]21C. The number of aliphatic hydroxyl groups is 1. The number of nitrogens with zero attached hydrogens (tertiary/aromatic N) is 1. The standard InChI is InChI=1S/C28H47NO2Si/c1-18(17-29)25-24(30)16-23-21-10-9-19-15-20(31-32(7,8)26(2,3)4)11-13-27(19,5)22(21)12-14-28(23,25)6/h9,18,20-25,30H,10-16H2,1-8H3/t18?,20-,21?,22?,23?,24+,25-,27-,28-/m0/s1. The molecule has 4 aliphatic carbocycles. The van der Waals surface area contributed by atoms with Crippen molar-refractivity contribution >= 4 is 8.32 Å². The number of rotatable bonds is 3. The highest BCUT2D eigenvalue weighted by atomic mass is 28.4. The first-order valence-electron chi connectivity index (χ1n) is 13.2. The molecule has 0 aromatic carbocycles. The second kappa shape index (κ2) is 7.96. The first-order chi connectivity index (χ1) is 14.7. The maximum atomic E-state index is 11.0. The highest BCUT2D eigenvalue weighted by Gasteiger charge is 2.62. The Bertz CT molecular complexity index is 807. The average molecular weight is 458 g/mol. The maximum absolute atomic E-state index is 11.0. The number of nitriles is 1. The molecule has 0 heterocycles. The molecule has 0 spiro atoms. The minimum Gasteiger partial charge on any atom is -0.414 e. The molecule has 0 bridgehead atoms. The van der Waals surface area contributed by atoms with E-state index in [9.17, 15) is 10.4 Å². The van der Waals surface area contributed by atoms with Crippen LogP contribution in [0.4, 0.5) is 0 Å². The first kappa shape index (κ1) is 24.5. The number of aliphatic hydroxyl groups excluding tert-OH is 1. The van der Waals surface area contributed by atoms with Gasteiger partial charge in [0.15, 0.2) is 8.32 Å². The van der Waals surface area contributed by atoms with Crippen LogP contribution in [0.15, 0.2) is 11.6 Å². The summed E-state index contributed by atoms with van der Waals surface area (Å²) in [5.41, 5.74) is 2.07. The summed E-state index contributed by atoms with van der Waals surface area (Å²) in [6, 6.07) is 2.47. The van der Waals surface area contributed by atoms with Crippen molar-refractivity contribution in [3.8, 4) is 6.07 Å². The van der Waals surface area contributed by atoms with Gasteiger partial charge in [-0.1, -0.05) is 46.3 Å². The lowest BCUT2D eigenvalue weighted by atomic mass is 9.47. The summed E-state index contributed by atoms with van der Waals surface area (Å²) < 4.78 is 6.86. The largest absolute Gasteiger partial charge is 0.414 e. The molecule has 0 saturated heterocycles. The van der Waals surface area contributed by atoms with E-state index in [1.54, 1.807) is 5.57 Å². The van der Waals surface area contributed by atoms with Crippen molar-refractivity contribution in [2.75, 3.05) is 0 Å². The van der Waals surface area contributed by atoms with E-state index in [4.69, 9.17) is 4.43 Å². The van der Waals surface area contributed by atoms with Gasteiger partial charge in [0.25, 0.3) is 0 Å². The Morgan fingerprint density at radius 3 is 2.50 bits per heavy atom. The van der Waals surface area contributed by atoms with Crippen LogP contribution < -0.4 is 0 Å². The predicted molar refractivity (Wildman–Crippen MR) is 133 cm³/mol. The third kappa shape index (κ3) is 3.66. The third-order valence-corrected chi connectivity index (χ3v) is 15.7. The topological polar surface area (TPSA) is 53.2 Å². The summed E-state index contributed by atoms with van der Waals surface area (Å²) in [4.78, 5) is 0. The van der Waals surface area contributed by atoms with Gasteiger partial charge >= 0.3 is 0 Å². The fraction of sp³-hybridized carbons (Fsp3) is 0.893. The molecule has 0 aromatic heterocycles. The molecule has 0 radical (unpaired) electrons. The molecule has 3 fully saturated rings. The number of allylic oxidation sites excluding steroid dienone is 1. The molecule has 0 aromatic rings. The minimum atomic E-state index is -1.75. The summed E-state index contributed by atoms with van der Waals surface area (Å²) in [6.07, 6.45) is 10.7.